The van der Waals surface area contributed by atoms with Crippen LogP contribution in [0.4, 0.5) is 4.79 Å². The van der Waals surface area contributed by atoms with Crippen LogP contribution in [0.15, 0.2) is 42.7 Å². The van der Waals surface area contributed by atoms with Crippen molar-refractivity contribution in [3.8, 4) is 0 Å². The monoisotopic (exact) mass is 469 g/mol. The van der Waals surface area contributed by atoms with E-state index in [1.54, 1.807) is 24.7 Å². The maximum Gasteiger partial charge on any atom is 0.408 e. The van der Waals surface area contributed by atoms with Gasteiger partial charge in [-0.05, 0) is 36.3 Å². The minimum atomic E-state index is -1.03. The second kappa shape index (κ2) is 12.0. The summed E-state index contributed by atoms with van der Waals surface area (Å²) in [6.45, 7) is 4.56. The molecular weight excluding hydrogens is 438 g/mol. The summed E-state index contributed by atoms with van der Waals surface area (Å²) in [6, 6.07) is 7.21. The van der Waals surface area contributed by atoms with Gasteiger partial charge in [0.1, 0.15) is 12.6 Å². The van der Waals surface area contributed by atoms with Crippen molar-refractivity contribution in [3.05, 3.63) is 53.9 Å². The molecule has 0 fully saturated rings. The summed E-state index contributed by atoms with van der Waals surface area (Å²) >= 11 is 0. The molecule has 1 aliphatic rings. The predicted octanol–water partition coefficient (Wildman–Crippen LogP) is 1.34. The number of ether oxygens (including phenoxy) is 1. The molecule has 2 atom stereocenters. The van der Waals surface area contributed by atoms with Gasteiger partial charge in [-0.2, -0.15) is 5.10 Å². The first-order valence-electron chi connectivity index (χ1n) is 11.4. The fourth-order valence-corrected chi connectivity index (χ4v) is 3.61. The molecule has 2 unspecified atom stereocenters. The molecule has 2 bridgehead atoms. The fraction of sp³-hybridized carbons (Fsp3) is 0.458. The Kier molecular flexibility index (Phi) is 8.78. The first kappa shape index (κ1) is 24.9. The van der Waals surface area contributed by atoms with E-state index in [9.17, 15) is 19.2 Å². The van der Waals surface area contributed by atoms with Gasteiger partial charge in [0.2, 0.25) is 11.7 Å². The molecule has 0 saturated carbocycles. The van der Waals surface area contributed by atoms with E-state index >= 15 is 0 Å². The number of nitrogens with zero attached hydrogens (tertiary/aromatic N) is 2. The zero-order valence-electron chi connectivity index (χ0n) is 19.5. The van der Waals surface area contributed by atoms with Gasteiger partial charge in [0, 0.05) is 19.3 Å². The summed E-state index contributed by atoms with van der Waals surface area (Å²) in [5.74, 6) is -2.28. The number of nitrogens with one attached hydrogen (secondary N) is 3. The van der Waals surface area contributed by atoms with Gasteiger partial charge < -0.3 is 20.7 Å². The summed E-state index contributed by atoms with van der Waals surface area (Å²) in [5.41, 5.74) is 1.73. The van der Waals surface area contributed by atoms with E-state index in [0.29, 0.717) is 25.9 Å². The number of alkyl carbamates (subject to hydrolysis) is 1. The van der Waals surface area contributed by atoms with Gasteiger partial charge in [0.05, 0.1) is 12.2 Å². The van der Waals surface area contributed by atoms with E-state index in [0.717, 1.165) is 11.1 Å². The Morgan fingerprint density at radius 1 is 1.24 bits per heavy atom. The van der Waals surface area contributed by atoms with Crippen LogP contribution in [0, 0.1) is 5.92 Å². The highest BCUT2D eigenvalue weighted by Gasteiger charge is 2.31. The van der Waals surface area contributed by atoms with E-state index in [-0.39, 0.29) is 18.9 Å². The molecule has 2 heterocycles. The quantitative estimate of drug-likeness (QED) is 0.547. The summed E-state index contributed by atoms with van der Waals surface area (Å²) in [6.07, 6.45) is 4.19. The average molecular weight is 470 g/mol. The van der Waals surface area contributed by atoms with Crippen LogP contribution in [0.2, 0.25) is 0 Å². The van der Waals surface area contributed by atoms with Crippen LogP contribution in [0.1, 0.15) is 37.8 Å². The smallest absolute Gasteiger partial charge is 0.408 e. The molecule has 1 aliphatic heterocycles. The number of Topliss-reactive ketones (excluding diaryl/α,β-unsaturated/α-hetero) is 1. The third-order valence-corrected chi connectivity index (χ3v) is 5.55. The number of benzene rings is 1. The maximum absolute atomic E-state index is 13.0. The van der Waals surface area contributed by atoms with Gasteiger partial charge >= 0.3 is 6.09 Å². The lowest BCUT2D eigenvalue weighted by Crippen LogP contribution is -2.55. The number of hydrogen-bond acceptors (Lipinski definition) is 6. The Balaban J connectivity index is 1.64. The lowest BCUT2D eigenvalue weighted by molar-refractivity contribution is -0.140. The SMILES string of the molecule is CC(C)C(NC(=O)OCc1ccccc1)C(=O)NC1CCc2cnn(c2)CCCNC(=O)C1=O. The van der Waals surface area contributed by atoms with Crippen LogP contribution < -0.4 is 16.0 Å². The highest BCUT2D eigenvalue weighted by Crippen LogP contribution is 2.10. The van der Waals surface area contributed by atoms with E-state index in [2.05, 4.69) is 21.0 Å². The topological polar surface area (TPSA) is 131 Å². The third kappa shape index (κ3) is 7.16. The number of carbonyl (C=O) groups is 4. The van der Waals surface area contributed by atoms with Gasteiger partial charge in [-0.15, -0.1) is 0 Å². The normalized spacial score (nSPS) is 17.7. The number of aryl methyl sites for hydroxylation is 2. The van der Waals surface area contributed by atoms with Gasteiger partial charge in [-0.1, -0.05) is 44.2 Å². The van der Waals surface area contributed by atoms with Crippen LogP contribution >= 0.6 is 0 Å². The minimum absolute atomic E-state index is 0.0636. The molecule has 0 aliphatic carbocycles. The molecule has 0 radical (unpaired) electrons. The number of aromatic nitrogens is 2. The zero-order chi connectivity index (χ0) is 24.5. The highest BCUT2D eigenvalue weighted by atomic mass is 16.5. The summed E-state index contributed by atoms with van der Waals surface area (Å²) < 4.78 is 7.02. The Morgan fingerprint density at radius 3 is 2.74 bits per heavy atom. The highest BCUT2D eigenvalue weighted by molar-refractivity contribution is 6.38. The number of fused-ring (bicyclic) bond motifs is 2. The van der Waals surface area contributed by atoms with Crippen LogP contribution in [-0.2, 0) is 38.7 Å². The molecular formula is C24H31N5O5. The largest absolute Gasteiger partial charge is 0.445 e. The van der Waals surface area contributed by atoms with Crippen molar-refractivity contribution in [2.75, 3.05) is 6.54 Å². The lowest BCUT2D eigenvalue weighted by atomic mass is 10.00. The van der Waals surface area contributed by atoms with Crippen molar-refractivity contribution < 1.29 is 23.9 Å². The molecule has 10 nitrogen and oxygen atoms in total. The fourth-order valence-electron chi connectivity index (χ4n) is 3.61. The van der Waals surface area contributed by atoms with Gasteiger partial charge in [-0.25, -0.2) is 4.79 Å². The average Bonchev–Trinajstić information content (AvgIpc) is 3.28. The zero-order valence-corrected chi connectivity index (χ0v) is 19.5. The first-order chi connectivity index (χ1) is 16.3. The van der Waals surface area contributed by atoms with Crippen molar-refractivity contribution in [3.63, 3.8) is 0 Å². The Hall–Kier alpha value is -3.69. The number of ketones is 1. The second-order valence-electron chi connectivity index (χ2n) is 8.61. The van der Waals surface area contributed by atoms with E-state index < -0.39 is 35.8 Å². The van der Waals surface area contributed by atoms with E-state index in [1.165, 1.54) is 0 Å². The number of amides is 3. The molecule has 3 amide bonds. The molecule has 1 aromatic carbocycles. The van der Waals surface area contributed by atoms with Crippen molar-refractivity contribution >= 4 is 23.7 Å². The molecule has 10 heteroatoms. The molecule has 1 aromatic heterocycles. The van der Waals surface area contributed by atoms with Crippen molar-refractivity contribution in [2.45, 2.75) is 58.3 Å². The summed E-state index contributed by atoms with van der Waals surface area (Å²) in [5, 5.41) is 12.1. The van der Waals surface area contributed by atoms with Crippen LogP contribution in [-0.4, -0.2) is 52.1 Å². The van der Waals surface area contributed by atoms with Crippen molar-refractivity contribution in [1.82, 2.24) is 25.7 Å². The lowest BCUT2D eigenvalue weighted by Gasteiger charge is -2.24. The Morgan fingerprint density at radius 2 is 2.00 bits per heavy atom. The molecule has 0 saturated heterocycles. The molecule has 34 heavy (non-hydrogen) atoms. The summed E-state index contributed by atoms with van der Waals surface area (Å²) in [7, 11) is 0. The van der Waals surface area contributed by atoms with Gasteiger partial charge in [-0.3, -0.25) is 19.1 Å². The van der Waals surface area contributed by atoms with Crippen molar-refractivity contribution in [2.24, 2.45) is 5.92 Å². The molecule has 2 aromatic rings. The van der Waals surface area contributed by atoms with E-state index in [4.69, 9.17) is 4.74 Å². The Labute approximate surface area is 198 Å². The summed E-state index contributed by atoms with van der Waals surface area (Å²) in [4.78, 5) is 50.5. The molecule has 182 valence electrons. The first-order valence-corrected chi connectivity index (χ1v) is 11.4. The Bertz CT molecular complexity index is 1000. The molecule has 0 spiro atoms. The molecule has 3 N–H and O–H groups in total. The minimum Gasteiger partial charge on any atom is -0.445 e. The second-order valence-corrected chi connectivity index (χ2v) is 8.61. The molecule has 3 rings (SSSR count). The standard InChI is InChI=1S/C24H31N5O5/c1-16(2)20(28-24(33)34-15-17-7-4-3-5-8-17)22(31)27-19-10-9-18-13-26-29(14-18)12-6-11-25-23(32)21(19)30/h3-5,7-8,13-14,16,19-20H,6,9-12,15H2,1-2H3,(H,25,32)(H,27,31)(H,28,33). The van der Waals surface area contributed by atoms with Gasteiger partial charge in [0.15, 0.2) is 0 Å². The third-order valence-electron chi connectivity index (χ3n) is 5.55. The van der Waals surface area contributed by atoms with E-state index in [1.807, 2.05) is 36.5 Å². The number of hydrogen-bond donors (Lipinski definition) is 3. The number of rotatable bonds is 6. The number of carbonyl (C=O) groups excluding carboxylic acids is 4. The van der Waals surface area contributed by atoms with Crippen molar-refractivity contribution in [1.29, 1.82) is 0 Å². The van der Waals surface area contributed by atoms with Gasteiger partial charge in [0.25, 0.3) is 5.91 Å². The van der Waals surface area contributed by atoms with Crippen LogP contribution in [0.25, 0.3) is 0 Å². The maximum atomic E-state index is 13.0. The van der Waals surface area contributed by atoms with Crippen LogP contribution in [0.5, 0.6) is 0 Å². The predicted molar refractivity (Wildman–Crippen MR) is 124 cm³/mol. The van der Waals surface area contributed by atoms with Crippen LogP contribution in [0.3, 0.4) is 0 Å².